The van der Waals surface area contributed by atoms with E-state index in [1.54, 1.807) is 16.7 Å². The van der Waals surface area contributed by atoms with Gasteiger partial charge in [-0.15, -0.1) is 0 Å². The number of fused-ring (bicyclic) bond motifs is 1. The number of aromatic nitrogens is 2. The van der Waals surface area contributed by atoms with E-state index in [-0.39, 0.29) is 16.5 Å². The molecule has 1 N–H and O–H groups in total. The minimum absolute atomic E-state index is 0.0517. The summed E-state index contributed by atoms with van der Waals surface area (Å²) in [5, 5.41) is 2.81. The van der Waals surface area contributed by atoms with E-state index in [1.807, 2.05) is 30.1 Å². The Labute approximate surface area is 193 Å². The van der Waals surface area contributed by atoms with Crippen molar-refractivity contribution in [1.29, 1.82) is 0 Å². The number of nitrogens with one attached hydrogen (secondary N) is 1. The van der Waals surface area contributed by atoms with Crippen molar-refractivity contribution in [3.8, 4) is 11.5 Å². The molecule has 0 unspecified atom stereocenters. The fourth-order valence-electron chi connectivity index (χ4n) is 3.67. The quantitative estimate of drug-likeness (QED) is 0.527. The number of nitrogens with zero attached hydrogens (tertiary/aromatic N) is 3. The maximum absolute atomic E-state index is 13.0. The van der Waals surface area contributed by atoms with Crippen molar-refractivity contribution in [2.24, 2.45) is 0 Å². The number of hydrogen-bond donors (Lipinski definition) is 1. The number of ether oxygens (including phenoxy) is 1. The Morgan fingerprint density at radius 3 is 2.55 bits per heavy atom. The zero-order valence-corrected chi connectivity index (χ0v) is 18.6. The second kappa shape index (κ2) is 9.35. The minimum Gasteiger partial charge on any atom is -0.457 e. The third kappa shape index (κ3) is 5.42. The molecule has 3 aromatic rings. The molecule has 4 rings (SSSR count). The molecule has 0 radical (unpaired) electrons. The van der Waals surface area contributed by atoms with Crippen LogP contribution in [-0.2, 0) is 19.1 Å². The van der Waals surface area contributed by atoms with Gasteiger partial charge in [-0.2, -0.15) is 18.2 Å². The Morgan fingerprint density at radius 1 is 1.09 bits per heavy atom. The Balaban J connectivity index is 1.36. The second-order valence-electron chi connectivity index (χ2n) is 7.77. The lowest BCUT2D eigenvalue weighted by Gasteiger charge is -2.28. The third-order valence-electron chi connectivity index (χ3n) is 5.38. The number of hydrogen-bond acceptors (Lipinski definition) is 5. The van der Waals surface area contributed by atoms with E-state index >= 15 is 0 Å². The molecule has 0 saturated heterocycles. The van der Waals surface area contributed by atoms with Crippen LogP contribution in [0.3, 0.4) is 0 Å². The summed E-state index contributed by atoms with van der Waals surface area (Å²) >= 11 is 5.64. The summed E-state index contributed by atoms with van der Waals surface area (Å²) in [6, 6.07) is 12.4. The molecule has 10 heteroatoms. The highest BCUT2D eigenvalue weighted by atomic mass is 35.5. The number of alkyl halides is 3. The molecule has 0 bridgehead atoms. The van der Waals surface area contributed by atoms with Gasteiger partial charge in [0.15, 0.2) is 0 Å². The summed E-state index contributed by atoms with van der Waals surface area (Å²) in [6.45, 7) is 2.13. The van der Waals surface area contributed by atoms with Crippen molar-refractivity contribution in [3.63, 3.8) is 0 Å². The van der Waals surface area contributed by atoms with E-state index in [0.717, 1.165) is 36.5 Å². The van der Waals surface area contributed by atoms with Crippen LogP contribution in [0.25, 0.3) is 0 Å². The summed E-state index contributed by atoms with van der Waals surface area (Å²) in [5.41, 5.74) is -0.210. The van der Waals surface area contributed by atoms with Gasteiger partial charge in [0.2, 0.25) is 0 Å². The molecule has 1 aliphatic heterocycles. The lowest BCUT2D eigenvalue weighted by Crippen LogP contribution is -2.36. The average molecular weight is 479 g/mol. The highest BCUT2D eigenvalue weighted by Crippen LogP contribution is 2.37. The van der Waals surface area contributed by atoms with Gasteiger partial charge in [-0.1, -0.05) is 23.7 Å². The SMILES string of the molecule is CN1CCCn2c1cc(NCCc1ccc(Oc3ccc(Cl)c(C(F)(F)F)c3)cc1)nc2=O. The van der Waals surface area contributed by atoms with Crippen molar-refractivity contribution in [3.05, 3.63) is 75.2 Å². The molecule has 0 amide bonds. The molecule has 0 spiro atoms. The maximum atomic E-state index is 13.0. The second-order valence-corrected chi connectivity index (χ2v) is 8.18. The molecule has 0 fully saturated rings. The molecule has 1 aliphatic rings. The van der Waals surface area contributed by atoms with Crippen LogP contribution in [0.4, 0.5) is 24.8 Å². The van der Waals surface area contributed by atoms with Gasteiger partial charge in [-0.05, 0) is 48.7 Å². The van der Waals surface area contributed by atoms with E-state index in [1.165, 1.54) is 6.07 Å². The average Bonchev–Trinajstić information content (AvgIpc) is 2.76. The van der Waals surface area contributed by atoms with Crippen LogP contribution in [-0.4, -0.2) is 29.7 Å². The predicted octanol–water partition coefficient (Wildman–Crippen LogP) is 5.20. The molecule has 174 valence electrons. The van der Waals surface area contributed by atoms with Crippen LogP contribution < -0.4 is 20.6 Å². The fourth-order valence-corrected chi connectivity index (χ4v) is 3.90. The standard InChI is InChI=1S/C23H22ClF3N4O2/c1-30-11-2-12-31-21(30)14-20(29-22(31)32)28-10-9-15-3-5-16(6-4-15)33-17-7-8-19(24)18(13-17)23(25,26)27/h3-8,13-14H,2,9-12H2,1H3,(H,28,29,32). The van der Waals surface area contributed by atoms with Gasteiger partial charge in [-0.3, -0.25) is 4.57 Å². The van der Waals surface area contributed by atoms with Crippen molar-refractivity contribution >= 4 is 23.2 Å². The van der Waals surface area contributed by atoms with Gasteiger partial charge in [0.1, 0.15) is 23.1 Å². The Bertz CT molecular complexity index is 1200. The van der Waals surface area contributed by atoms with Gasteiger partial charge >= 0.3 is 11.9 Å². The first-order chi connectivity index (χ1) is 15.7. The van der Waals surface area contributed by atoms with Crippen LogP contribution in [0, 0.1) is 0 Å². The van der Waals surface area contributed by atoms with Crippen LogP contribution in [0.1, 0.15) is 17.5 Å². The van der Waals surface area contributed by atoms with Crippen molar-refractivity contribution in [1.82, 2.24) is 9.55 Å². The Morgan fingerprint density at radius 2 is 1.82 bits per heavy atom. The topological polar surface area (TPSA) is 59.4 Å². The molecule has 0 saturated carbocycles. The van der Waals surface area contributed by atoms with Crippen LogP contribution in [0.2, 0.25) is 5.02 Å². The number of anilines is 2. The van der Waals surface area contributed by atoms with Gasteiger partial charge in [-0.25, -0.2) is 4.79 Å². The molecular weight excluding hydrogens is 457 g/mol. The zero-order chi connectivity index (χ0) is 23.6. The Kier molecular flexibility index (Phi) is 6.51. The summed E-state index contributed by atoms with van der Waals surface area (Å²) in [7, 11) is 1.95. The van der Waals surface area contributed by atoms with Crippen LogP contribution in [0.15, 0.2) is 53.3 Å². The lowest BCUT2D eigenvalue weighted by atomic mass is 10.1. The van der Waals surface area contributed by atoms with Crippen LogP contribution in [0.5, 0.6) is 11.5 Å². The molecule has 6 nitrogen and oxygen atoms in total. The fraction of sp³-hybridized carbons (Fsp3) is 0.304. The summed E-state index contributed by atoms with van der Waals surface area (Å²) in [5.74, 6) is 1.84. The monoisotopic (exact) mass is 478 g/mol. The number of benzene rings is 2. The highest BCUT2D eigenvalue weighted by molar-refractivity contribution is 6.31. The first-order valence-corrected chi connectivity index (χ1v) is 10.8. The third-order valence-corrected chi connectivity index (χ3v) is 5.71. The molecule has 0 aliphatic carbocycles. The molecule has 0 atom stereocenters. The van der Waals surface area contributed by atoms with E-state index in [9.17, 15) is 18.0 Å². The van der Waals surface area contributed by atoms with Crippen molar-refractivity contribution < 1.29 is 17.9 Å². The van der Waals surface area contributed by atoms with Crippen molar-refractivity contribution in [2.75, 3.05) is 30.4 Å². The molecule has 33 heavy (non-hydrogen) atoms. The zero-order valence-electron chi connectivity index (χ0n) is 17.8. The molecule has 2 heterocycles. The normalized spacial score (nSPS) is 13.5. The van der Waals surface area contributed by atoms with E-state index in [4.69, 9.17) is 16.3 Å². The summed E-state index contributed by atoms with van der Waals surface area (Å²) in [4.78, 5) is 18.4. The largest absolute Gasteiger partial charge is 0.457 e. The van der Waals surface area contributed by atoms with Crippen LogP contribution >= 0.6 is 11.6 Å². The predicted molar refractivity (Wildman–Crippen MR) is 122 cm³/mol. The Hall–Kier alpha value is -3.20. The number of halogens is 4. The van der Waals surface area contributed by atoms with Gasteiger partial charge < -0.3 is 15.0 Å². The minimum atomic E-state index is -4.55. The van der Waals surface area contributed by atoms with E-state index < -0.39 is 11.7 Å². The summed E-state index contributed by atoms with van der Waals surface area (Å²) < 4.78 is 46.3. The first kappa shape index (κ1) is 23.0. The van der Waals surface area contributed by atoms with Gasteiger partial charge in [0.05, 0.1) is 10.6 Å². The first-order valence-electron chi connectivity index (χ1n) is 10.4. The lowest BCUT2D eigenvalue weighted by molar-refractivity contribution is -0.137. The van der Waals surface area contributed by atoms with Crippen molar-refractivity contribution in [2.45, 2.75) is 25.6 Å². The summed E-state index contributed by atoms with van der Waals surface area (Å²) in [6.07, 6.45) is -2.98. The van der Waals surface area contributed by atoms with E-state index in [0.29, 0.717) is 31.1 Å². The van der Waals surface area contributed by atoms with Gasteiger partial charge in [0, 0.05) is 32.7 Å². The maximum Gasteiger partial charge on any atom is 0.417 e. The highest BCUT2D eigenvalue weighted by Gasteiger charge is 2.33. The molecule has 1 aromatic heterocycles. The molecule has 2 aromatic carbocycles. The smallest absolute Gasteiger partial charge is 0.417 e. The molecular formula is C23H22ClF3N4O2. The van der Waals surface area contributed by atoms with E-state index in [2.05, 4.69) is 10.3 Å². The van der Waals surface area contributed by atoms with Gasteiger partial charge in [0.25, 0.3) is 0 Å². The number of rotatable bonds is 6.